The number of esters is 1. The Morgan fingerprint density at radius 1 is 1.21 bits per heavy atom. The van der Waals surface area contributed by atoms with Crippen LogP contribution in [0.25, 0.3) is 0 Å². The van der Waals surface area contributed by atoms with E-state index in [0.29, 0.717) is 19.8 Å². The lowest BCUT2D eigenvalue weighted by Gasteiger charge is -2.33. The van der Waals surface area contributed by atoms with Gasteiger partial charge in [-0.05, 0) is 50.8 Å². The van der Waals surface area contributed by atoms with Gasteiger partial charge in [-0.15, -0.1) is 0 Å². The van der Waals surface area contributed by atoms with Gasteiger partial charge in [0.05, 0.1) is 32.8 Å². The fourth-order valence-corrected chi connectivity index (χ4v) is 3.32. The summed E-state index contributed by atoms with van der Waals surface area (Å²) >= 11 is 0. The van der Waals surface area contributed by atoms with Gasteiger partial charge >= 0.3 is 5.97 Å². The Morgan fingerprint density at radius 3 is 2.59 bits per heavy atom. The Labute approximate surface area is 174 Å². The molecule has 0 radical (unpaired) electrons. The molecule has 1 aliphatic rings. The summed E-state index contributed by atoms with van der Waals surface area (Å²) in [4.78, 5) is 19.0. The standard InChI is InChI=1S/C22H35N3O4/c1-5-14-29-19-9-8-17(15-20(19)27-4)16-24-22(23-6-2)25-12-10-18(11-13-25)21(26)28-7-3/h8-9,15,18H,5-7,10-14,16H2,1-4H3,(H,23,24). The minimum atomic E-state index is -0.0773. The highest BCUT2D eigenvalue weighted by molar-refractivity contribution is 5.80. The molecule has 1 saturated heterocycles. The van der Waals surface area contributed by atoms with Crippen LogP contribution in [0.2, 0.25) is 0 Å². The number of hydrogen-bond acceptors (Lipinski definition) is 5. The smallest absolute Gasteiger partial charge is 0.309 e. The summed E-state index contributed by atoms with van der Waals surface area (Å²) < 4.78 is 16.3. The van der Waals surface area contributed by atoms with E-state index >= 15 is 0 Å². The summed E-state index contributed by atoms with van der Waals surface area (Å²) in [6, 6.07) is 5.94. The average molecular weight is 406 g/mol. The van der Waals surface area contributed by atoms with Gasteiger partial charge in [0.1, 0.15) is 0 Å². The van der Waals surface area contributed by atoms with Crippen molar-refractivity contribution < 1.29 is 19.0 Å². The lowest BCUT2D eigenvalue weighted by atomic mass is 9.97. The third kappa shape index (κ3) is 6.84. The lowest BCUT2D eigenvalue weighted by Crippen LogP contribution is -2.46. The molecule has 7 nitrogen and oxygen atoms in total. The predicted molar refractivity (Wildman–Crippen MR) is 115 cm³/mol. The zero-order chi connectivity index (χ0) is 21.1. The highest BCUT2D eigenvalue weighted by Gasteiger charge is 2.27. The second kappa shape index (κ2) is 12.2. The lowest BCUT2D eigenvalue weighted by molar-refractivity contribution is -0.149. The molecule has 1 aliphatic heterocycles. The van der Waals surface area contributed by atoms with Crippen LogP contribution in [0, 0.1) is 5.92 Å². The number of aliphatic imine (C=N–C) groups is 1. The molecule has 0 bridgehead atoms. The van der Waals surface area contributed by atoms with Gasteiger partial charge in [-0.3, -0.25) is 4.79 Å². The zero-order valence-corrected chi connectivity index (χ0v) is 18.2. The number of likely N-dealkylation sites (tertiary alicyclic amines) is 1. The monoisotopic (exact) mass is 405 g/mol. The minimum Gasteiger partial charge on any atom is -0.493 e. The van der Waals surface area contributed by atoms with Crippen LogP contribution in [0.15, 0.2) is 23.2 Å². The van der Waals surface area contributed by atoms with Crippen molar-refractivity contribution in [3.63, 3.8) is 0 Å². The first-order chi connectivity index (χ1) is 14.1. The first-order valence-electron chi connectivity index (χ1n) is 10.6. The van der Waals surface area contributed by atoms with Gasteiger partial charge in [0, 0.05) is 19.6 Å². The van der Waals surface area contributed by atoms with Gasteiger partial charge in [0.25, 0.3) is 0 Å². The maximum atomic E-state index is 12.0. The summed E-state index contributed by atoms with van der Waals surface area (Å²) in [5.41, 5.74) is 1.06. The summed E-state index contributed by atoms with van der Waals surface area (Å²) in [5, 5.41) is 3.36. The number of nitrogens with zero attached hydrogens (tertiary/aromatic N) is 2. The molecule has 2 rings (SSSR count). The van der Waals surface area contributed by atoms with Gasteiger partial charge in [-0.2, -0.15) is 0 Å². The number of methoxy groups -OCH3 is 1. The molecule has 1 fully saturated rings. The highest BCUT2D eigenvalue weighted by Crippen LogP contribution is 2.28. The number of ether oxygens (including phenoxy) is 3. The zero-order valence-electron chi connectivity index (χ0n) is 18.2. The second-order valence-electron chi connectivity index (χ2n) is 7.02. The van der Waals surface area contributed by atoms with Crippen molar-refractivity contribution in [2.75, 3.05) is 40.0 Å². The summed E-state index contributed by atoms with van der Waals surface area (Å²) in [5.74, 6) is 2.28. The van der Waals surface area contributed by atoms with E-state index < -0.39 is 0 Å². The Morgan fingerprint density at radius 2 is 1.97 bits per heavy atom. The molecular formula is C22H35N3O4. The number of hydrogen-bond donors (Lipinski definition) is 1. The molecule has 0 spiro atoms. The molecule has 29 heavy (non-hydrogen) atoms. The van der Waals surface area contributed by atoms with Crippen LogP contribution in [0.3, 0.4) is 0 Å². The molecule has 0 amide bonds. The normalized spacial score (nSPS) is 15.2. The van der Waals surface area contributed by atoms with Crippen molar-refractivity contribution in [2.45, 2.75) is 46.6 Å². The van der Waals surface area contributed by atoms with Crippen LogP contribution < -0.4 is 14.8 Å². The van der Waals surface area contributed by atoms with Gasteiger partial charge in [0.15, 0.2) is 17.5 Å². The predicted octanol–water partition coefficient (Wildman–Crippen LogP) is 3.22. The number of benzene rings is 1. The van der Waals surface area contributed by atoms with Gasteiger partial charge in [0.2, 0.25) is 0 Å². The van der Waals surface area contributed by atoms with Gasteiger partial charge < -0.3 is 24.4 Å². The van der Waals surface area contributed by atoms with E-state index in [2.05, 4.69) is 24.1 Å². The molecule has 0 aliphatic carbocycles. The molecule has 1 heterocycles. The SMILES string of the molecule is CCCOc1ccc(CN=C(NCC)N2CCC(C(=O)OCC)CC2)cc1OC. The number of rotatable bonds is 9. The highest BCUT2D eigenvalue weighted by atomic mass is 16.5. The second-order valence-corrected chi connectivity index (χ2v) is 7.02. The van der Waals surface area contributed by atoms with Gasteiger partial charge in [-0.1, -0.05) is 13.0 Å². The van der Waals surface area contributed by atoms with Crippen LogP contribution in [0.4, 0.5) is 0 Å². The maximum Gasteiger partial charge on any atom is 0.309 e. The largest absolute Gasteiger partial charge is 0.493 e. The van der Waals surface area contributed by atoms with Crippen molar-refractivity contribution in [3.8, 4) is 11.5 Å². The van der Waals surface area contributed by atoms with Crippen molar-refractivity contribution >= 4 is 11.9 Å². The Kier molecular flexibility index (Phi) is 9.60. The third-order valence-corrected chi connectivity index (χ3v) is 4.85. The molecular weight excluding hydrogens is 370 g/mol. The van der Waals surface area contributed by atoms with Crippen LogP contribution in [-0.4, -0.2) is 56.8 Å². The number of carbonyl (C=O) groups is 1. The van der Waals surface area contributed by atoms with E-state index in [1.54, 1.807) is 7.11 Å². The van der Waals surface area contributed by atoms with Gasteiger partial charge in [-0.25, -0.2) is 4.99 Å². The van der Waals surface area contributed by atoms with Crippen molar-refractivity contribution in [1.82, 2.24) is 10.2 Å². The van der Waals surface area contributed by atoms with Crippen molar-refractivity contribution in [1.29, 1.82) is 0 Å². The topological polar surface area (TPSA) is 72.4 Å². The van der Waals surface area contributed by atoms with Crippen LogP contribution in [0.1, 0.15) is 45.6 Å². The minimum absolute atomic E-state index is 0.00555. The Hall–Kier alpha value is -2.44. The molecule has 1 aromatic carbocycles. The van der Waals surface area contributed by atoms with Crippen molar-refractivity contribution in [2.24, 2.45) is 10.9 Å². The third-order valence-electron chi connectivity index (χ3n) is 4.85. The number of guanidine groups is 1. The van der Waals surface area contributed by atoms with Crippen LogP contribution in [0.5, 0.6) is 11.5 Å². The van der Waals surface area contributed by atoms with Crippen LogP contribution >= 0.6 is 0 Å². The molecule has 1 aromatic rings. The average Bonchev–Trinajstić information content (AvgIpc) is 2.75. The Balaban J connectivity index is 2.01. The molecule has 7 heteroatoms. The maximum absolute atomic E-state index is 12.0. The summed E-state index contributed by atoms with van der Waals surface area (Å²) in [6.45, 7) is 10.0. The molecule has 0 atom stereocenters. The van der Waals surface area contributed by atoms with Crippen molar-refractivity contribution in [3.05, 3.63) is 23.8 Å². The van der Waals surface area contributed by atoms with E-state index in [1.165, 1.54) is 0 Å². The van der Waals surface area contributed by atoms with E-state index in [4.69, 9.17) is 19.2 Å². The quantitative estimate of drug-likeness (QED) is 0.386. The first-order valence-corrected chi connectivity index (χ1v) is 10.6. The van der Waals surface area contributed by atoms with Crippen LogP contribution in [-0.2, 0) is 16.1 Å². The van der Waals surface area contributed by atoms with E-state index in [-0.39, 0.29) is 11.9 Å². The molecule has 0 aromatic heterocycles. The molecule has 1 N–H and O–H groups in total. The number of carbonyl (C=O) groups excluding carboxylic acids is 1. The fraction of sp³-hybridized carbons (Fsp3) is 0.636. The summed E-state index contributed by atoms with van der Waals surface area (Å²) in [7, 11) is 1.65. The Bertz CT molecular complexity index is 670. The number of nitrogens with one attached hydrogen (secondary N) is 1. The molecule has 162 valence electrons. The molecule has 0 saturated carbocycles. The van der Waals surface area contributed by atoms with E-state index in [9.17, 15) is 4.79 Å². The fourth-order valence-electron chi connectivity index (χ4n) is 3.32. The summed E-state index contributed by atoms with van der Waals surface area (Å²) in [6.07, 6.45) is 2.54. The van der Waals surface area contributed by atoms with E-state index in [1.807, 2.05) is 25.1 Å². The first kappa shape index (κ1) is 22.8. The van der Waals surface area contributed by atoms with E-state index in [0.717, 1.165) is 61.9 Å². The number of piperidine rings is 1. The molecule has 0 unspecified atom stereocenters.